The quantitative estimate of drug-likeness (QED) is 0.727. The lowest BCUT2D eigenvalue weighted by Gasteiger charge is -2.30. The van der Waals surface area contributed by atoms with Crippen LogP contribution in [0.15, 0.2) is 0 Å². The van der Waals surface area contributed by atoms with Crippen molar-refractivity contribution < 1.29 is 0 Å². The number of rotatable bonds is 6. The Morgan fingerprint density at radius 1 is 1.33 bits per heavy atom. The predicted octanol–water partition coefficient (Wildman–Crippen LogP) is 2.35. The lowest BCUT2D eigenvalue weighted by molar-refractivity contribution is 0.199. The van der Waals surface area contributed by atoms with Crippen molar-refractivity contribution in [2.45, 2.75) is 40.5 Å². The van der Waals surface area contributed by atoms with Crippen molar-refractivity contribution in [3.63, 3.8) is 0 Å². The van der Waals surface area contributed by atoms with E-state index in [0.29, 0.717) is 5.41 Å². The molecule has 0 saturated carbocycles. The lowest BCUT2D eigenvalue weighted by atomic mass is 9.92. The first-order valence-electron chi connectivity index (χ1n) is 6.50. The van der Waals surface area contributed by atoms with Crippen LogP contribution in [0.1, 0.15) is 40.5 Å². The van der Waals surface area contributed by atoms with E-state index in [0.717, 1.165) is 19.0 Å². The first-order valence-corrected chi connectivity index (χ1v) is 6.50. The molecule has 0 aliphatic carbocycles. The molecule has 90 valence electrons. The van der Waals surface area contributed by atoms with Gasteiger partial charge in [0.1, 0.15) is 0 Å². The maximum absolute atomic E-state index is 3.46. The van der Waals surface area contributed by atoms with E-state index in [9.17, 15) is 0 Å². The summed E-state index contributed by atoms with van der Waals surface area (Å²) < 4.78 is 0. The van der Waals surface area contributed by atoms with E-state index in [1.807, 2.05) is 0 Å². The highest BCUT2D eigenvalue weighted by Crippen LogP contribution is 2.23. The Labute approximate surface area is 95.4 Å². The Hall–Kier alpha value is -0.0800. The Morgan fingerprint density at radius 2 is 2.07 bits per heavy atom. The molecule has 1 heterocycles. The van der Waals surface area contributed by atoms with Crippen molar-refractivity contribution in [1.82, 2.24) is 10.2 Å². The van der Waals surface area contributed by atoms with Crippen LogP contribution in [0, 0.1) is 11.3 Å². The van der Waals surface area contributed by atoms with Gasteiger partial charge < -0.3 is 10.2 Å². The summed E-state index contributed by atoms with van der Waals surface area (Å²) in [6.07, 6.45) is 2.76. The molecular weight excluding hydrogens is 184 g/mol. The lowest BCUT2D eigenvalue weighted by Crippen LogP contribution is -2.39. The molecule has 2 nitrogen and oxygen atoms in total. The maximum Gasteiger partial charge on any atom is 0.00449 e. The molecule has 1 aliphatic heterocycles. The van der Waals surface area contributed by atoms with Gasteiger partial charge in [0, 0.05) is 19.6 Å². The fraction of sp³-hybridized carbons (Fsp3) is 1.00. The van der Waals surface area contributed by atoms with Crippen molar-refractivity contribution in [1.29, 1.82) is 0 Å². The Kier molecular flexibility index (Phi) is 5.07. The molecular formula is C13H28N2. The van der Waals surface area contributed by atoms with Crippen LogP contribution in [0.4, 0.5) is 0 Å². The third-order valence-electron chi connectivity index (χ3n) is 3.45. The Morgan fingerprint density at radius 3 is 2.60 bits per heavy atom. The fourth-order valence-corrected chi connectivity index (χ4v) is 2.51. The van der Waals surface area contributed by atoms with Gasteiger partial charge in [-0.25, -0.2) is 0 Å². The molecule has 1 aliphatic rings. The number of nitrogens with one attached hydrogen (secondary N) is 1. The summed E-state index contributed by atoms with van der Waals surface area (Å²) in [5.41, 5.74) is 0.415. The highest BCUT2D eigenvalue weighted by atomic mass is 15.2. The smallest absolute Gasteiger partial charge is 0.00449 e. The normalized spacial score (nSPS) is 23.6. The summed E-state index contributed by atoms with van der Waals surface area (Å²) in [5.74, 6) is 0.958. The minimum atomic E-state index is 0.415. The molecule has 0 bridgehead atoms. The molecule has 0 radical (unpaired) electrons. The molecule has 1 fully saturated rings. The van der Waals surface area contributed by atoms with Gasteiger partial charge in [0.05, 0.1) is 0 Å². The highest BCUT2D eigenvalue weighted by molar-refractivity contribution is 4.81. The van der Waals surface area contributed by atoms with E-state index in [-0.39, 0.29) is 0 Å². The van der Waals surface area contributed by atoms with Crippen molar-refractivity contribution in [2.75, 3.05) is 32.7 Å². The second-order valence-electron chi connectivity index (χ2n) is 5.74. The molecule has 0 spiro atoms. The van der Waals surface area contributed by atoms with Crippen LogP contribution in [0.2, 0.25) is 0 Å². The van der Waals surface area contributed by atoms with Crippen LogP contribution in [0.3, 0.4) is 0 Å². The van der Waals surface area contributed by atoms with E-state index in [2.05, 4.69) is 37.9 Å². The average molecular weight is 212 g/mol. The van der Waals surface area contributed by atoms with E-state index < -0.39 is 0 Å². The fourth-order valence-electron chi connectivity index (χ4n) is 2.51. The monoisotopic (exact) mass is 212 g/mol. The van der Waals surface area contributed by atoms with Crippen LogP contribution in [-0.4, -0.2) is 37.6 Å². The van der Waals surface area contributed by atoms with Gasteiger partial charge in [0.2, 0.25) is 0 Å². The van der Waals surface area contributed by atoms with Gasteiger partial charge in [-0.1, -0.05) is 34.1 Å². The Balaban J connectivity index is 2.28. The molecule has 0 aromatic rings. The number of likely N-dealkylation sites (tertiary alicyclic amines) is 1. The van der Waals surface area contributed by atoms with E-state index in [1.54, 1.807) is 0 Å². The highest BCUT2D eigenvalue weighted by Gasteiger charge is 2.26. The van der Waals surface area contributed by atoms with Gasteiger partial charge in [-0.3, -0.25) is 0 Å². The van der Waals surface area contributed by atoms with Gasteiger partial charge >= 0.3 is 0 Å². The molecule has 1 unspecified atom stereocenters. The van der Waals surface area contributed by atoms with Crippen molar-refractivity contribution >= 4 is 0 Å². The molecule has 0 amide bonds. The predicted molar refractivity (Wildman–Crippen MR) is 67.2 cm³/mol. The molecule has 1 rings (SSSR count). The van der Waals surface area contributed by atoms with Gasteiger partial charge in [0.15, 0.2) is 0 Å². The Bertz CT molecular complexity index is 177. The molecule has 15 heavy (non-hydrogen) atoms. The van der Waals surface area contributed by atoms with E-state index in [4.69, 9.17) is 0 Å². The largest absolute Gasteiger partial charge is 0.316 e. The van der Waals surface area contributed by atoms with Crippen LogP contribution >= 0.6 is 0 Å². The molecule has 0 aromatic carbocycles. The summed E-state index contributed by atoms with van der Waals surface area (Å²) in [7, 11) is 0. The van der Waals surface area contributed by atoms with E-state index >= 15 is 0 Å². The summed E-state index contributed by atoms with van der Waals surface area (Å²) in [5, 5.41) is 3.46. The first kappa shape index (κ1) is 13.0. The van der Waals surface area contributed by atoms with Crippen LogP contribution in [0.25, 0.3) is 0 Å². The van der Waals surface area contributed by atoms with Gasteiger partial charge in [-0.05, 0) is 30.8 Å². The minimum absolute atomic E-state index is 0.415. The van der Waals surface area contributed by atoms with Crippen molar-refractivity contribution in [3.8, 4) is 0 Å². The zero-order chi connectivity index (χ0) is 11.3. The second-order valence-corrected chi connectivity index (χ2v) is 5.74. The molecule has 1 atom stereocenters. The van der Waals surface area contributed by atoms with Gasteiger partial charge in [-0.2, -0.15) is 0 Å². The van der Waals surface area contributed by atoms with Crippen molar-refractivity contribution in [2.24, 2.45) is 11.3 Å². The van der Waals surface area contributed by atoms with Crippen LogP contribution in [0.5, 0.6) is 0 Å². The van der Waals surface area contributed by atoms with E-state index in [1.165, 1.54) is 32.5 Å². The summed E-state index contributed by atoms with van der Waals surface area (Å²) >= 11 is 0. The first-order chi connectivity index (χ1) is 7.07. The minimum Gasteiger partial charge on any atom is -0.316 e. The SMILES string of the molecule is CCNCC(C)(C)CN1CCC(CC)C1. The maximum atomic E-state index is 3.46. The molecule has 1 saturated heterocycles. The van der Waals surface area contributed by atoms with Gasteiger partial charge in [0.25, 0.3) is 0 Å². The number of hydrogen-bond donors (Lipinski definition) is 1. The molecule has 1 N–H and O–H groups in total. The summed E-state index contributed by atoms with van der Waals surface area (Å²) in [6, 6.07) is 0. The zero-order valence-corrected chi connectivity index (χ0v) is 11.0. The standard InChI is InChI=1S/C13H28N2/c1-5-12-7-8-15(9-12)11-13(3,4)10-14-6-2/h12,14H,5-11H2,1-4H3. The second kappa shape index (κ2) is 5.86. The van der Waals surface area contributed by atoms with Gasteiger partial charge in [-0.15, -0.1) is 0 Å². The number of hydrogen-bond acceptors (Lipinski definition) is 2. The average Bonchev–Trinajstić information content (AvgIpc) is 2.62. The van der Waals surface area contributed by atoms with Crippen molar-refractivity contribution in [3.05, 3.63) is 0 Å². The molecule has 0 aromatic heterocycles. The third kappa shape index (κ3) is 4.52. The topological polar surface area (TPSA) is 15.3 Å². The molecule has 2 heteroatoms. The number of nitrogens with zero attached hydrogens (tertiary/aromatic N) is 1. The van der Waals surface area contributed by atoms with Crippen LogP contribution < -0.4 is 5.32 Å². The summed E-state index contributed by atoms with van der Waals surface area (Å²) in [6.45, 7) is 15.3. The summed E-state index contributed by atoms with van der Waals surface area (Å²) in [4.78, 5) is 2.64. The zero-order valence-electron chi connectivity index (χ0n) is 11.0. The van der Waals surface area contributed by atoms with Crippen LogP contribution in [-0.2, 0) is 0 Å². The third-order valence-corrected chi connectivity index (χ3v) is 3.45.